The highest BCUT2D eigenvalue weighted by Crippen LogP contribution is 2.16. The van der Waals surface area contributed by atoms with Crippen LogP contribution in [0.25, 0.3) is 0 Å². The second-order valence-corrected chi connectivity index (χ2v) is 5.56. The number of benzene rings is 2. The zero-order chi connectivity index (χ0) is 18.2. The van der Waals surface area contributed by atoms with Gasteiger partial charge in [-0.2, -0.15) is 0 Å². The van der Waals surface area contributed by atoms with E-state index in [-0.39, 0.29) is 19.0 Å². The Bertz CT molecular complexity index is 748. The third-order valence-electron chi connectivity index (χ3n) is 3.59. The van der Waals surface area contributed by atoms with Crippen molar-refractivity contribution < 1.29 is 23.5 Å². The molecule has 0 bridgehead atoms. The van der Waals surface area contributed by atoms with Crippen LogP contribution in [0.2, 0.25) is 0 Å². The molecule has 0 aliphatic carbocycles. The van der Waals surface area contributed by atoms with Crippen LogP contribution in [0.3, 0.4) is 0 Å². The van der Waals surface area contributed by atoms with Crippen LogP contribution >= 0.6 is 0 Å². The molecule has 25 heavy (non-hydrogen) atoms. The lowest BCUT2D eigenvalue weighted by atomic mass is 10.2. The maximum absolute atomic E-state index is 13.6. The normalized spacial score (nSPS) is 10.2. The number of rotatable bonds is 7. The Hall–Kier alpha value is -2.89. The third-order valence-corrected chi connectivity index (χ3v) is 3.59. The van der Waals surface area contributed by atoms with Gasteiger partial charge in [-0.25, -0.2) is 9.18 Å². The highest BCUT2D eigenvalue weighted by atomic mass is 19.1. The number of esters is 1. The molecular weight excluding hydrogens is 325 g/mol. The van der Waals surface area contributed by atoms with E-state index < -0.39 is 18.5 Å². The number of carbonyl (C=O) groups excluding carboxylic acids is 2. The molecule has 0 saturated heterocycles. The first-order valence-electron chi connectivity index (χ1n) is 7.79. The summed E-state index contributed by atoms with van der Waals surface area (Å²) in [6.07, 6.45) is 0. The first-order chi connectivity index (χ1) is 12.0. The molecule has 5 nitrogen and oxygen atoms in total. The van der Waals surface area contributed by atoms with Crippen molar-refractivity contribution in [3.05, 3.63) is 65.5 Å². The van der Waals surface area contributed by atoms with E-state index in [2.05, 4.69) is 0 Å². The fourth-order valence-corrected chi connectivity index (χ4v) is 2.12. The smallest absolute Gasteiger partial charge is 0.344 e. The zero-order valence-corrected chi connectivity index (χ0v) is 14.2. The Balaban J connectivity index is 1.76. The van der Waals surface area contributed by atoms with Gasteiger partial charge in [0.25, 0.3) is 5.91 Å². The number of hydrogen-bond acceptors (Lipinski definition) is 4. The minimum atomic E-state index is -0.643. The largest absolute Gasteiger partial charge is 0.482 e. The van der Waals surface area contributed by atoms with Crippen molar-refractivity contribution in [1.82, 2.24) is 4.90 Å². The molecule has 2 aromatic rings. The van der Waals surface area contributed by atoms with Crippen molar-refractivity contribution in [3.63, 3.8) is 0 Å². The van der Waals surface area contributed by atoms with E-state index in [1.165, 1.54) is 18.0 Å². The van der Waals surface area contributed by atoms with Crippen molar-refractivity contribution >= 4 is 11.9 Å². The molecule has 132 valence electrons. The van der Waals surface area contributed by atoms with Crippen LogP contribution in [0.5, 0.6) is 5.75 Å². The van der Waals surface area contributed by atoms with E-state index in [1.54, 1.807) is 30.3 Å². The maximum atomic E-state index is 13.6. The van der Waals surface area contributed by atoms with Gasteiger partial charge in [0.05, 0.1) is 0 Å². The lowest BCUT2D eigenvalue weighted by molar-refractivity contribution is -0.153. The van der Waals surface area contributed by atoms with Crippen molar-refractivity contribution in [2.45, 2.75) is 13.5 Å². The average Bonchev–Trinajstić information content (AvgIpc) is 2.60. The number of amides is 1. The molecule has 0 aliphatic heterocycles. The third kappa shape index (κ3) is 5.60. The standard InChI is InChI=1S/C19H20FNO4/c1-14-7-3-6-10-17(14)24-13-19(23)25-12-18(22)21(2)11-15-8-4-5-9-16(15)20/h3-10H,11-13H2,1-2H3. The van der Waals surface area contributed by atoms with Crippen LogP contribution < -0.4 is 4.74 Å². The number of ether oxygens (including phenoxy) is 2. The van der Waals surface area contributed by atoms with Gasteiger partial charge in [-0.05, 0) is 24.6 Å². The minimum Gasteiger partial charge on any atom is -0.482 e. The Morgan fingerprint density at radius 3 is 2.44 bits per heavy atom. The molecule has 0 spiro atoms. The molecule has 0 fully saturated rings. The van der Waals surface area contributed by atoms with Crippen LogP contribution in [0.4, 0.5) is 4.39 Å². The molecule has 0 unspecified atom stereocenters. The molecule has 1 amide bonds. The van der Waals surface area contributed by atoms with Gasteiger partial charge in [-0.3, -0.25) is 4.79 Å². The van der Waals surface area contributed by atoms with Crippen LogP contribution in [-0.2, 0) is 20.9 Å². The van der Waals surface area contributed by atoms with Crippen LogP contribution in [0.15, 0.2) is 48.5 Å². The van der Waals surface area contributed by atoms with Gasteiger partial charge < -0.3 is 14.4 Å². The lowest BCUT2D eigenvalue weighted by Gasteiger charge is -2.17. The molecule has 2 rings (SSSR count). The van der Waals surface area contributed by atoms with Crippen molar-refractivity contribution in [2.75, 3.05) is 20.3 Å². The van der Waals surface area contributed by atoms with Crippen LogP contribution in [0.1, 0.15) is 11.1 Å². The number of carbonyl (C=O) groups is 2. The van der Waals surface area contributed by atoms with E-state index in [0.29, 0.717) is 11.3 Å². The van der Waals surface area contributed by atoms with E-state index in [9.17, 15) is 14.0 Å². The SMILES string of the molecule is Cc1ccccc1OCC(=O)OCC(=O)N(C)Cc1ccccc1F. The van der Waals surface area contributed by atoms with Crippen LogP contribution in [-0.4, -0.2) is 37.0 Å². The minimum absolute atomic E-state index is 0.1000. The Morgan fingerprint density at radius 2 is 1.72 bits per heavy atom. The Morgan fingerprint density at radius 1 is 1.04 bits per heavy atom. The van der Waals surface area contributed by atoms with Gasteiger partial charge in [0.15, 0.2) is 13.2 Å². The molecular formula is C19H20FNO4. The van der Waals surface area contributed by atoms with Gasteiger partial charge in [-0.1, -0.05) is 36.4 Å². The number of likely N-dealkylation sites (N-methyl/N-ethyl adjacent to an activating group) is 1. The summed E-state index contributed by atoms with van der Waals surface area (Å²) < 4.78 is 23.8. The summed E-state index contributed by atoms with van der Waals surface area (Å²) in [6.45, 7) is 1.26. The second kappa shape index (κ2) is 8.82. The quantitative estimate of drug-likeness (QED) is 0.724. The predicted octanol–water partition coefficient (Wildman–Crippen LogP) is 2.71. The van der Waals surface area contributed by atoms with Gasteiger partial charge in [0.1, 0.15) is 11.6 Å². The zero-order valence-electron chi connectivity index (χ0n) is 14.2. The molecule has 0 heterocycles. The first kappa shape index (κ1) is 18.4. The second-order valence-electron chi connectivity index (χ2n) is 5.56. The molecule has 0 saturated carbocycles. The molecule has 0 aliphatic rings. The van der Waals surface area contributed by atoms with E-state index >= 15 is 0 Å². The molecule has 6 heteroatoms. The summed E-state index contributed by atoms with van der Waals surface area (Å²) in [4.78, 5) is 25.0. The molecule has 0 N–H and O–H groups in total. The number of nitrogens with zero attached hydrogens (tertiary/aromatic N) is 1. The molecule has 0 atom stereocenters. The van der Waals surface area contributed by atoms with Crippen LogP contribution in [0, 0.1) is 12.7 Å². The summed E-state index contributed by atoms with van der Waals surface area (Å²) in [5, 5.41) is 0. The summed E-state index contributed by atoms with van der Waals surface area (Å²) in [5.41, 5.74) is 1.29. The van der Waals surface area contributed by atoms with E-state index in [4.69, 9.17) is 9.47 Å². The highest BCUT2D eigenvalue weighted by molar-refractivity contribution is 5.80. The topological polar surface area (TPSA) is 55.8 Å². The molecule has 0 aromatic heterocycles. The summed E-state index contributed by atoms with van der Waals surface area (Å²) >= 11 is 0. The number of hydrogen-bond donors (Lipinski definition) is 0. The predicted molar refractivity (Wildman–Crippen MR) is 90.5 cm³/mol. The summed E-state index contributed by atoms with van der Waals surface area (Å²) in [7, 11) is 1.52. The van der Waals surface area contributed by atoms with Crippen molar-refractivity contribution in [1.29, 1.82) is 0 Å². The first-order valence-corrected chi connectivity index (χ1v) is 7.79. The Kier molecular flexibility index (Phi) is 6.51. The van der Waals surface area contributed by atoms with Gasteiger partial charge in [0.2, 0.25) is 0 Å². The Labute approximate surface area is 146 Å². The van der Waals surface area contributed by atoms with Crippen molar-refractivity contribution in [3.8, 4) is 5.75 Å². The fraction of sp³-hybridized carbons (Fsp3) is 0.263. The summed E-state index contributed by atoms with van der Waals surface area (Å²) in [5.74, 6) is -0.864. The number of aryl methyl sites for hydroxylation is 1. The fourth-order valence-electron chi connectivity index (χ4n) is 2.12. The lowest BCUT2D eigenvalue weighted by Crippen LogP contribution is -2.32. The van der Waals surface area contributed by atoms with Gasteiger partial charge in [0, 0.05) is 19.2 Å². The summed E-state index contributed by atoms with van der Waals surface area (Å²) in [6, 6.07) is 13.5. The van der Waals surface area contributed by atoms with Gasteiger partial charge >= 0.3 is 5.97 Å². The highest BCUT2D eigenvalue weighted by Gasteiger charge is 2.14. The van der Waals surface area contributed by atoms with Gasteiger partial charge in [-0.15, -0.1) is 0 Å². The van der Waals surface area contributed by atoms with E-state index in [0.717, 1.165) is 5.56 Å². The maximum Gasteiger partial charge on any atom is 0.344 e. The van der Waals surface area contributed by atoms with E-state index in [1.807, 2.05) is 19.1 Å². The number of halogens is 1. The average molecular weight is 345 g/mol. The molecule has 2 aromatic carbocycles. The monoisotopic (exact) mass is 345 g/mol. The molecule has 0 radical (unpaired) electrons. The number of para-hydroxylation sites is 1. The van der Waals surface area contributed by atoms with Crippen molar-refractivity contribution in [2.24, 2.45) is 0 Å².